The van der Waals surface area contributed by atoms with E-state index in [9.17, 15) is 0 Å². The van der Waals surface area contributed by atoms with Crippen molar-refractivity contribution in [2.75, 3.05) is 5.32 Å². The first-order valence-corrected chi connectivity index (χ1v) is 8.03. The Hall–Kier alpha value is -1.80. The molecule has 0 aromatic heterocycles. The molecule has 4 rings (SSSR count). The zero-order valence-corrected chi connectivity index (χ0v) is 12.3. The van der Waals surface area contributed by atoms with Gasteiger partial charge in [-0.2, -0.15) is 0 Å². The van der Waals surface area contributed by atoms with E-state index in [1.807, 2.05) is 0 Å². The Morgan fingerprint density at radius 3 is 2.48 bits per heavy atom. The predicted octanol–water partition coefficient (Wildman–Crippen LogP) is 3.94. The van der Waals surface area contributed by atoms with Gasteiger partial charge in [-0.05, 0) is 66.5 Å². The zero-order chi connectivity index (χ0) is 14.2. The summed E-state index contributed by atoms with van der Waals surface area (Å²) in [6.07, 6.45) is 5.75. The molecule has 0 atom stereocenters. The van der Waals surface area contributed by atoms with Crippen LogP contribution in [0.1, 0.15) is 36.8 Å². The first-order chi connectivity index (χ1) is 10.3. The number of hydrogen-bond donors (Lipinski definition) is 2. The monoisotopic (exact) mass is 278 g/mol. The van der Waals surface area contributed by atoms with Crippen LogP contribution in [0.5, 0.6) is 0 Å². The van der Waals surface area contributed by atoms with E-state index in [1.54, 1.807) is 0 Å². The number of nitrogens with two attached hydrogens (primary N) is 1. The van der Waals surface area contributed by atoms with Gasteiger partial charge in [-0.25, -0.2) is 0 Å². The molecule has 0 spiro atoms. The molecule has 2 aromatic carbocycles. The van der Waals surface area contributed by atoms with Crippen LogP contribution < -0.4 is 11.1 Å². The molecule has 2 aromatic rings. The average Bonchev–Trinajstić information content (AvgIpc) is 2.87. The summed E-state index contributed by atoms with van der Waals surface area (Å²) < 4.78 is 0. The van der Waals surface area contributed by atoms with Gasteiger partial charge in [0.15, 0.2) is 0 Å². The summed E-state index contributed by atoms with van der Waals surface area (Å²) in [7, 11) is 0. The molecule has 0 aliphatic heterocycles. The fourth-order valence-electron chi connectivity index (χ4n) is 3.73. The van der Waals surface area contributed by atoms with E-state index in [1.165, 1.54) is 40.8 Å². The second kappa shape index (κ2) is 5.19. The first kappa shape index (κ1) is 12.9. The van der Waals surface area contributed by atoms with Crippen molar-refractivity contribution in [1.82, 2.24) is 0 Å². The summed E-state index contributed by atoms with van der Waals surface area (Å²) >= 11 is 0. The molecular weight excluding hydrogens is 256 g/mol. The Bertz CT molecular complexity index is 654. The van der Waals surface area contributed by atoms with E-state index >= 15 is 0 Å². The van der Waals surface area contributed by atoms with Gasteiger partial charge in [-0.15, -0.1) is 0 Å². The molecule has 0 saturated heterocycles. The van der Waals surface area contributed by atoms with Gasteiger partial charge in [0, 0.05) is 17.8 Å². The van der Waals surface area contributed by atoms with Crippen molar-refractivity contribution >= 4 is 5.69 Å². The lowest BCUT2D eigenvalue weighted by Crippen LogP contribution is -2.32. The van der Waals surface area contributed by atoms with Crippen LogP contribution in [-0.2, 0) is 6.42 Å². The van der Waals surface area contributed by atoms with Crippen LogP contribution in [-0.4, -0.2) is 12.1 Å². The topological polar surface area (TPSA) is 38.0 Å². The number of nitrogens with one attached hydrogen (secondary N) is 1. The normalized spacial score (nSPS) is 23.5. The Labute approximate surface area is 126 Å². The molecule has 2 aliphatic carbocycles. The maximum Gasteiger partial charge on any atom is 0.0345 e. The van der Waals surface area contributed by atoms with Crippen molar-refractivity contribution in [2.24, 2.45) is 5.73 Å². The molecule has 0 amide bonds. The minimum atomic E-state index is 0.414. The number of fused-ring (bicyclic) bond motifs is 3. The molecule has 1 fully saturated rings. The van der Waals surface area contributed by atoms with Crippen LogP contribution in [0.15, 0.2) is 42.5 Å². The number of rotatable bonds is 2. The lowest BCUT2D eigenvalue weighted by atomic mass is 9.91. The maximum absolute atomic E-state index is 5.99. The summed E-state index contributed by atoms with van der Waals surface area (Å²) in [6, 6.07) is 16.6. The van der Waals surface area contributed by atoms with Crippen molar-refractivity contribution in [3.63, 3.8) is 0 Å². The molecule has 2 nitrogen and oxygen atoms in total. The van der Waals surface area contributed by atoms with Crippen molar-refractivity contribution in [3.8, 4) is 11.1 Å². The largest absolute Gasteiger partial charge is 0.382 e. The zero-order valence-electron chi connectivity index (χ0n) is 12.3. The summed E-state index contributed by atoms with van der Waals surface area (Å²) in [6.45, 7) is 0. The molecule has 108 valence electrons. The summed E-state index contributed by atoms with van der Waals surface area (Å²) in [4.78, 5) is 0. The number of hydrogen-bond acceptors (Lipinski definition) is 2. The highest BCUT2D eigenvalue weighted by molar-refractivity contribution is 5.78. The van der Waals surface area contributed by atoms with Crippen molar-refractivity contribution in [2.45, 2.75) is 44.2 Å². The van der Waals surface area contributed by atoms with Crippen molar-refractivity contribution in [1.29, 1.82) is 0 Å². The van der Waals surface area contributed by atoms with Gasteiger partial charge in [0.05, 0.1) is 0 Å². The molecule has 2 heteroatoms. The van der Waals surface area contributed by atoms with Gasteiger partial charge >= 0.3 is 0 Å². The van der Waals surface area contributed by atoms with E-state index in [0.29, 0.717) is 12.1 Å². The van der Waals surface area contributed by atoms with E-state index in [4.69, 9.17) is 5.73 Å². The van der Waals surface area contributed by atoms with Gasteiger partial charge in [-0.3, -0.25) is 0 Å². The molecule has 3 N–H and O–H groups in total. The van der Waals surface area contributed by atoms with Crippen LogP contribution in [0.2, 0.25) is 0 Å². The lowest BCUT2D eigenvalue weighted by molar-refractivity contribution is 0.411. The molecule has 0 unspecified atom stereocenters. The summed E-state index contributed by atoms with van der Waals surface area (Å²) in [5, 5.41) is 3.70. The smallest absolute Gasteiger partial charge is 0.0345 e. The summed E-state index contributed by atoms with van der Waals surface area (Å²) in [5.41, 5.74) is 13.0. The molecule has 0 heterocycles. The number of anilines is 1. The van der Waals surface area contributed by atoms with Gasteiger partial charge in [-0.1, -0.05) is 30.3 Å². The van der Waals surface area contributed by atoms with E-state index in [0.717, 1.165) is 19.3 Å². The predicted molar refractivity (Wildman–Crippen MR) is 88.5 cm³/mol. The highest BCUT2D eigenvalue weighted by atomic mass is 14.9. The second-order valence-electron chi connectivity index (χ2n) is 6.46. The quantitative estimate of drug-likeness (QED) is 0.745. The van der Waals surface area contributed by atoms with Crippen LogP contribution in [0.3, 0.4) is 0 Å². The standard InChI is InChI=1S/C19H22N2/c20-15-5-7-16(8-6-15)21-17-9-10-19-14(12-17)11-13-3-1-2-4-18(13)19/h1-4,9-10,12,15-16,21H,5-8,11,20H2. The molecule has 21 heavy (non-hydrogen) atoms. The van der Waals surface area contributed by atoms with Gasteiger partial charge in [0.2, 0.25) is 0 Å². The molecule has 1 saturated carbocycles. The Kier molecular flexibility index (Phi) is 3.19. The lowest BCUT2D eigenvalue weighted by Gasteiger charge is -2.27. The first-order valence-electron chi connectivity index (χ1n) is 8.03. The molecule has 0 radical (unpaired) electrons. The minimum Gasteiger partial charge on any atom is -0.382 e. The SMILES string of the molecule is NC1CCC(Nc2ccc3c(c2)Cc2ccccc2-3)CC1. The Morgan fingerprint density at radius 1 is 0.857 bits per heavy atom. The Balaban J connectivity index is 1.53. The maximum atomic E-state index is 5.99. The molecular formula is C19H22N2. The fourth-order valence-corrected chi connectivity index (χ4v) is 3.73. The van der Waals surface area contributed by atoms with Crippen LogP contribution in [0.4, 0.5) is 5.69 Å². The van der Waals surface area contributed by atoms with E-state index < -0.39 is 0 Å². The average molecular weight is 278 g/mol. The van der Waals surface area contributed by atoms with E-state index in [-0.39, 0.29) is 0 Å². The molecule has 2 aliphatic rings. The van der Waals surface area contributed by atoms with Crippen molar-refractivity contribution < 1.29 is 0 Å². The van der Waals surface area contributed by atoms with Crippen LogP contribution in [0.25, 0.3) is 11.1 Å². The highest BCUT2D eigenvalue weighted by Gasteiger charge is 2.20. The third kappa shape index (κ3) is 2.44. The second-order valence-corrected chi connectivity index (χ2v) is 6.46. The number of benzene rings is 2. The van der Waals surface area contributed by atoms with E-state index in [2.05, 4.69) is 47.8 Å². The third-order valence-corrected chi connectivity index (χ3v) is 4.94. The highest BCUT2D eigenvalue weighted by Crippen LogP contribution is 2.37. The molecule has 0 bridgehead atoms. The van der Waals surface area contributed by atoms with Crippen LogP contribution >= 0.6 is 0 Å². The Morgan fingerprint density at radius 2 is 1.62 bits per heavy atom. The van der Waals surface area contributed by atoms with Crippen molar-refractivity contribution in [3.05, 3.63) is 53.6 Å². The van der Waals surface area contributed by atoms with Gasteiger partial charge < -0.3 is 11.1 Å². The fraction of sp³-hybridized carbons (Fsp3) is 0.368. The van der Waals surface area contributed by atoms with Gasteiger partial charge in [0.1, 0.15) is 0 Å². The third-order valence-electron chi connectivity index (χ3n) is 4.94. The van der Waals surface area contributed by atoms with Crippen LogP contribution in [0, 0.1) is 0 Å². The van der Waals surface area contributed by atoms with Gasteiger partial charge in [0.25, 0.3) is 0 Å². The minimum absolute atomic E-state index is 0.414. The summed E-state index contributed by atoms with van der Waals surface area (Å²) in [5.74, 6) is 0.